The van der Waals surface area contributed by atoms with E-state index in [1.807, 2.05) is 12.1 Å². The van der Waals surface area contributed by atoms with Gasteiger partial charge in [0.1, 0.15) is 0 Å². The van der Waals surface area contributed by atoms with Crippen LogP contribution in [0.3, 0.4) is 0 Å². The molecule has 0 amide bonds. The second kappa shape index (κ2) is 12.2. The first-order valence-electron chi connectivity index (χ1n) is 10.6. The first-order valence-corrected chi connectivity index (χ1v) is 13.7. The normalized spacial score (nSPS) is 11.1. The van der Waals surface area contributed by atoms with Gasteiger partial charge in [-0.3, -0.25) is 0 Å². The van der Waals surface area contributed by atoms with Crippen molar-refractivity contribution in [1.29, 1.82) is 0 Å². The van der Waals surface area contributed by atoms with Gasteiger partial charge in [-0.15, -0.1) is 19.9 Å². The molecule has 0 saturated carbocycles. The summed E-state index contributed by atoms with van der Waals surface area (Å²) in [5.41, 5.74) is 11.0. The Morgan fingerprint density at radius 1 is 0.625 bits per heavy atom. The Morgan fingerprint density at radius 3 is 1.38 bits per heavy atom. The minimum atomic E-state index is -0.389. The molecule has 0 unspecified atom stereocenters. The van der Waals surface area contributed by atoms with E-state index in [1.54, 1.807) is 0 Å². The number of hydrogen-bond donors (Lipinski definition) is 0. The van der Waals surface area contributed by atoms with E-state index in [0.29, 0.717) is 0 Å². The zero-order valence-electron chi connectivity index (χ0n) is 19.3. The van der Waals surface area contributed by atoms with Crippen LogP contribution in [-0.2, 0) is 34.6 Å². The molecule has 0 heterocycles. The summed E-state index contributed by atoms with van der Waals surface area (Å²) in [6, 6.07) is 36.2. The third-order valence-corrected chi connectivity index (χ3v) is 5.23. The average Bonchev–Trinajstić information content (AvgIpc) is 3.32. The monoisotopic (exact) mass is 466 g/mol. The Labute approximate surface area is 211 Å². The minimum absolute atomic E-state index is 0. The summed E-state index contributed by atoms with van der Waals surface area (Å²) in [5.74, 6) is 0. The molecule has 0 atom stereocenters. The van der Waals surface area contributed by atoms with E-state index >= 15 is 0 Å². The van der Waals surface area contributed by atoms with Gasteiger partial charge in [-0.2, -0.15) is 59.7 Å². The van der Waals surface area contributed by atoms with Crippen molar-refractivity contribution in [1.82, 2.24) is 0 Å². The second-order valence-electron chi connectivity index (χ2n) is 8.19. The fourth-order valence-electron chi connectivity index (χ4n) is 4.00. The molecular formula is C30H30SiTi. The van der Waals surface area contributed by atoms with Crippen molar-refractivity contribution in [3.63, 3.8) is 0 Å². The predicted octanol–water partition coefficient (Wildman–Crippen LogP) is 7.41. The van der Waals surface area contributed by atoms with Gasteiger partial charge in [-0.25, -0.2) is 0 Å². The molecule has 0 fully saturated rings. The molecule has 2 heteroatoms. The molecule has 0 spiro atoms. The van der Waals surface area contributed by atoms with Crippen LogP contribution in [0, 0.1) is 26.1 Å². The summed E-state index contributed by atoms with van der Waals surface area (Å²) in [5, 5.41) is 0. The van der Waals surface area contributed by atoms with Crippen LogP contribution in [-0.4, -0.2) is 8.80 Å². The quantitative estimate of drug-likeness (QED) is 0.162. The van der Waals surface area contributed by atoms with E-state index in [2.05, 4.69) is 105 Å². The van der Waals surface area contributed by atoms with Gasteiger partial charge < -0.3 is 14.0 Å². The van der Waals surface area contributed by atoms with E-state index < -0.39 is 0 Å². The Bertz CT molecular complexity index is 968. The van der Waals surface area contributed by atoms with Crippen LogP contribution in [0.5, 0.6) is 0 Å². The van der Waals surface area contributed by atoms with Crippen molar-refractivity contribution in [2.24, 2.45) is 0 Å². The molecule has 0 aliphatic heterocycles. The van der Waals surface area contributed by atoms with Gasteiger partial charge in [-0.05, 0) is 12.8 Å². The van der Waals surface area contributed by atoms with E-state index in [1.165, 1.54) is 44.5 Å². The van der Waals surface area contributed by atoms with Gasteiger partial charge >= 0.3 is 21.7 Å². The Hall–Kier alpha value is -2.19. The Morgan fingerprint density at radius 2 is 0.969 bits per heavy atom. The maximum absolute atomic E-state index is 3.78. The smallest absolute Gasteiger partial charge is 0.358 e. The Kier molecular flexibility index (Phi) is 9.90. The van der Waals surface area contributed by atoms with Crippen LogP contribution < -0.4 is 0 Å². The van der Waals surface area contributed by atoms with E-state index in [-0.39, 0.29) is 37.9 Å². The molecular weight excluding hydrogens is 436 g/mol. The topological polar surface area (TPSA) is 0 Å². The standard InChI is InChI=1S/2C13H9.C3H9Si.CH3.Ti/c2*1-3-7-12-10(5-1)9-11-6-2-4-8-13(11)12;1-4(2)3;;/h2*1-5,7-8H,9H2;4H,1H2,2-3H3;1H3;/q4*-1;+4. The number of fused-ring (bicyclic) bond motifs is 6. The zero-order chi connectivity index (χ0) is 20.9. The van der Waals surface area contributed by atoms with E-state index in [4.69, 9.17) is 0 Å². The predicted molar refractivity (Wildman–Crippen MR) is 138 cm³/mol. The molecule has 4 aromatic carbocycles. The van der Waals surface area contributed by atoms with Gasteiger partial charge in [0.15, 0.2) is 0 Å². The molecule has 32 heavy (non-hydrogen) atoms. The second-order valence-corrected chi connectivity index (χ2v) is 11.0. The number of benzene rings is 4. The summed E-state index contributed by atoms with van der Waals surface area (Å²) in [6.45, 7) is 8.17. The zero-order valence-corrected chi connectivity index (χ0v) is 22.0. The van der Waals surface area contributed by atoms with Crippen molar-refractivity contribution in [3.8, 4) is 22.3 Å². The van der Waals surface area contributed by atoms with Crippen LogP contribution in [0.15, 0.2) is 84.9 Å². The molecule has 158 valence electrons. The largest absolute Gasteiger partial charge is 4.00 e. The molecule has 2 aliphatic rings. The van der Waals surface area contributed by atoms with Gasteiger partial charge in [0, 0.05) is 0 Å². The fourth-order valence-corrected chi connectivity index (χ4v) is 4.00. The number of rotatable bonds is 0. The number of hydrogen-bond acceptors (Lipinski definition) is 0. The molecule has 0 N–H and O–H groups in total. The summed E-state index contributed by atoms with van der Waals surface area (Å²) < 4.78 is 0. The molecule has 0 radical (unpaired) electrons. The van der Waals surface area contributed by atoms with Crippen molar-refractivity contribution >= 4 is 8.80 Å². The molecule has 2 aliphatic carbocycles. The Balaban J connectivity index is 0.000000185. The molecule has 4 aromatic rings. The van der Waals surface area contributed by atoms with Crippen molar-refractivity contribution in [2.45, 2.75) is 25.9 Å². The van der Waals surface area contributed by atoms with Crippen LogP contribution in [0.1, 0.15) is 22.3 Å². The van der Waals surface area contributed by atoms with Gasteiger partial charge in [0.2, 0.25) is 0 Å². The minimum Gasteiger partial charge on any atom is -0.358 e. The maximum Gasteiger partial charge on any atom is 4.00 e. The first kappa shape index (κ1) is 26.1. The SMILES string of the molecule is [CH2-][SiH](C)C.[CH3-].[Ti+4].[c-]1cccc2c1Cc1ccccc1-2.[c-]1cccc2c1Cc1ccccc1-2. The average molecular weight is 467 g/mol. The van der Waals surface area contributed by atoms with Crippen LogP contribution in [0.25, 0.3) is 22.3 Å². The first-order chi connectivity index (χ1) is 14.6. The van der Waals surface area contributed by atoms with Gasteiger partial charge in [-0.1, -0.05) is 83.9 Å². The van der Waals surface area contributed by atoms with E-state index in [9.17, 15) is 0 Å². The molecule has 0 nitrogen and oxygen atoms in total. The van der Waals surface area contributed by atoms with Crippen molar-refractivity contribution < 1.29 is 21.7 Å². The third kappa shape index (κ3) is 5.98. The van der Waals surface area contributed by atoms with Gasteiger partial charge in [0.05, 0.1) is 0 Å². The molecule has 0 saturated heterocycles. The van der Waals surface area contributed by atoms with Crippen LogP contribution in [0.4, 0.5) is 0 Å². The maximum atomic E-state index is 3.78. The summed E-state index contributed by atoms with van der Waals surface area (Å²) in [4.78, 5) is 0. The van der Waals surface area contributed by atoms with Crippen molar-refractivity contribution in [2.75, 3.05) is 0 Å². The molecule has 0 bridgehead atoms. The van der Waals surface area contributed by atoms with E-state index in [0.717, 1.165) is 12.8 Å². The third-order valence-electron chi connectivity index (χ3n) is 5.23. The summed E-state index contributed by atoms with van der Waals surface area (Å²) >= 11 is 0. The fraction of sp³-hybridized carbons (Fsp3) is 0.133. The van der Waals surface area contributed by atoms with Crippen LogP contribution in [0.2, 0.25) is 13.1 Å². The summed E-state index contributed by atoms with van der Waals surface area (Å²) in [6.07, 6.45) is 2.10. The summed E-state index contributed by atoms with van der Waals surface area (Å²) in [7, 11) is -0.389. The van der Waals surface area contributed by atoms with Crippen LogP contribution >= 0.6 is 0 Å². The molecule has 0 aromatic heterocycles. The van der Waals surface area contributed by atoms with Gasteiger partial charge in [0.25, 0.3) is 0 Å². The van der Waals surface area contributed by atoms with Crippen molar-refractivity contribution in [3.05, 3.63) is 133 Å². The molecule has 6 rings (SSSR count).